The number of hydrogen-bond acceptors (Lipinski definition) is 5. The first-order valence-electron chi connectivity index (χ1n) is 6.93. The molecule has 0 spiro atoms. The Kier molecular flexibility index (Phi) is 3.16. The lowest BCUT2D eigenvalue weighted by Gasteiger charge is -2.07. The van der Waals surface area contributed by atoms with Gasteiger partial charge in [-0.2, -0.15) is 0 Å². The zero-order valence-electron chi connectivity index (χ0n) is 11.9. The van der Waals surface area contributed by atoms with Gasteiger partial charge in [-0.05, 0) is 24.3 Å². The van der Waals surface area contributed by atoms with Gasteiger partial charge >= 0.3 is 0 Å². The molecule has 0 bridgehead atoms. The van der Waals surface area contributed by atoms with Crippen molar-refractivity contribution in [3.05, 3.63) is 67.1 Å². The van der Waals surface area contributed by atoms with Gasteiger partial charge in [0.05, 0.1) is 30.0 Å². The third-order valence-corrected chi connectivity index (χ3v) is 3.32. The first kappa shape index (κ1) is 13.3. The highest BCUT2D eigenvalue weighted by atomic mass is 19.1. The molecule has 0 fully saturated rings. The molecule has 4 heterocycles. The molecule has 0 saturated carbocycles. The van der Waals surface area contributed by atoms with Crippen molar-refractivity contribution in [1.82, 2.24) is 24.3 Å². The van der Waals surface area contributed by atoms with Gasteiger partial charge in [-0.1, -0.05) is 6.07 Å². The number of fused-ring (bicyclic) bond motifs is 1. The van der Waals surface area contributed by atoms with Crippen LogP contribution in [-0.2, 0) is 0 Å². The van der Waals surface area contributed by atoms with Crippen LogP contribution in [0.4, 0.5) is 16.0 Å². The zero-order chi connectivity index (χ0) is 15.6. The zero-order valence-corrected chi connectivity index (χ0v) is 11.9. The molecule has 0 amide bonds. The fraction of sp³-hybridized carbons (Fsp3) is 0. The Balaban J connectivity index is 1.78. The molecule has 4 rings (SSSR count). The van der Waals surface area contributed by atoms with E-state index in [0.29, 0.717) is 11.6 Å². The minimum atomic E-state index is -0.507. The summed E-state index contributed by atoms with van der Waals surface area (Å²) < 4.78 is 16.0. The van der Waals surface area contributed by atoms with Crippen molar-refractivity contribution in [2.75, 3.05) is 5.32 Å². The van der Waals surface area contributed by atoms with Crippen molar-refractivity contribution in [2.45, 2.75) is 0 Å². The molecule has 112 valence electrons. The quantitative estimate of drug-likeness (QED) is 0.630. The SMILES string of the molecule is Fc1cnc(Nc2cccnc2)nc1-c1cnc2ccccn12. The van der Waals surface area contributed by atoms with Crippen LogP contribution in [0.25, 0.3) is 17.0 Å². The van der Waals surface area contributed by atoms with Crippen LogP contribution >= 0.6 is 0 Å². The first-order valence-corrected chi connectivity index (χ1v) is 6.93. The number of anilines is 2. The third kappa shape index (κ3) is 2.48. The first-order chi connectivity index (χ1) is 11.3. The van der Waals surface area contributed by atoms with E-state index in [1.807, 2.05) is 30.5 Å². The van der Waals surface area contributed by atoms with E-state index < -0.39 is 5.82 Å². The number of halogens is 1. The normalized spacial score (nSPS) is 10.8. The van der Waals surface area contributed by atoms with Gasteiger partial charge in [-0.3, -0.25) is 9.38 Å². The van der Waals surface area contributed by atoms with E-state index in [2.05, 4.69) is 25.3 Å². The fourth-order valence-corrected chi connectivity index (χ4v) is 2.28. The van der Waals surface area contributed by atoms with Gasteiger partial charge < -0.3 is 5.32 Å². The van der Waals surface area contributed by atoms with E-state index in [4.69, 9.17) is 0 Å². The average molecular weight is 306 g/mol. The Hall–Kier alpha value is -3.35. The second kappa shape index (κ2) is 5.45. The molecule has 0 radical (unpaired) electrons. The summed E-state index contributed by atoms with van der Waals surface area (Å²) in [5, 5.41) is 3.00. The lowest BCUT2D eigenvalue weighted by Crippen LogP contribution is -2.01. The summed E-state index contributed by atoms with van der Waals surface area (Å²) in [6.07, 6.45) is 7.85. The molecular weight excluding hydrogens is 295 g/mol. The fourth-order valence-electron chi connectivity index (χ4n) is 2.28. The van der Waals surface area contributed by atoms with Crippen molar-refractivity contribution < 1.29 is 4.39 Å². The lowest BCUT2D eigenvalue weighted by molar-refractivity contribution is 0.618. The van der Waals surface area contributed by atoms with E-state index in [1.54, 1.807) is 29.1 Å². The van der Waals surface area contributed by atoms with Crippen molar-refractivity contribution in [1.29, 1.82) is 0 Å². The molecule has 0 atom stereocenters. The van der Waals surface area contributed by atoms with Gasteiger partial charge in [0.25, 0.3) is 0 Å². The van der Waals surface area contributed by atoms with E-state index in [1.165, 1.54) is 0 Å². The van der Waals surface area contributed by atoms with Crippen molar-refractivity contribution in [3.8, 4) is 11.4 Å². The minimum absolute atomic E-state index is 0.185. The van der Waals surface area contributed by atoms with Crippen LogP contribution in [0.5, 0.6) is 0 Å². The van der Waals surface area contributed by atoms with E-state index in [9.17, 15) is 4.39 Å². The molecule has 0 saturated heterocycles. The summed E-state index contributed by atoms with van der Waals surface area (Å²) in [7, 11) is 0. The van der Waals surface area contributed by atoms with Gasteiger partial charge in [-0.15, -0.1) is 0 Å². The molecule has 0 unspecified atom stereocenters. The van der Waals surface area contributed by atoms with Crippen LogP contribution in [-0.4, -0.2) is 24.3 Å². The standard InChI is InChI=1S/C16H11FN6/c17-12-9-20-16(21-11-4-3-6-18-8-11)22-15(12)13-10-19-14-5-1-2-7-23(13)14/h1-10H,(H,20,21,22). The van der Waals surface area contributed by atoms with Crippen molar-refractivity contribution in [3.63, 3.8) is 0 Å². The number of hydrogen-bond donors (Lipinski definition) is 1. The Morgan fingerprint density at radius 1 is 1.00 bits per heavy atom. The average Bonchev–Trinajstić information content (AvgIpc) is 3.01. The van der Waals surface area contributed by atoms with Gasteiger partial charge in [0, 0.05) is 12.4 Å². The van der Waals surface area contributed by atoms with Gasteiger partial charge in [0.15, 0.2) is 5.82 Å². The molecule has 0 aliphatic carbocycles. The number of nitrogens with one attached hydrogen (secondary N) is 1. The molecule has 0 aromatic carbocycles. The van der Waals surface area contributed by atoms with Gasteiger partial charge in [-0.25, -0.2) is 19.3 Å². The van der Waals surface area contributed by atoms with E-state index in [-0.39, 0.29) is 5.69 Å². The molecule has 4 aromatic rings. The Labute approximate surface area is 130 Å². The second-order valence-corrected chi connectivity index (χ2v) is 4.83. The number of pyridine rings is 2. The topological polar surface area (TPSA) is 68.0 Å². The predicted molar refractivity (Wildman–Crippen MR) is 83.7 cm³/mol. The molecule has 6 nitrogen and oxygen atoms in total. The summed E-state index contributed by atoms with van der Waals surface area (Å²) in [4.78, 5) is 16.5. The second-order valence-electron chi connectivity index (χ2n) is 4.83. The number of nitrogens with zero attached hydrogens (tertiary/aromatic N) is 5. The number of rotatable bonds is 3. The summed E-state index contributed by atoms with van der Waals surface area (Å²) >= 11 is 0. The van der Waals surface area contributed by atoms with Crippen LogP contribution in [0.15, 0.2) is 61.3 Å². The van der Waals surface area contributed by atoms with Crippen molar-refractivity contribution in [2.24, 2.45) is 0 Å². The maximum atomic E-state index is 14.2. The largest absolute Gasteiger partial charge is 0.323 e. The summed E-state index contributed by atoms with van der Waals surface area (Å²) in [5.41, 5.74) is 2.20. The van der Waals surface area contributed by atoms with Gasteiger partial charge in [0.1, 0.15) is 11.3 Å². The summed E-state index contributed by atoms with van der Waals surface area (Å²) in [6, 6.07) is 9.19. The molecule has 7 heteroatoms. The maximum absolute atomic E-state index is 14.2. The highest BCUT2D eigenvalue weighted by Crippen LogP contribution is 2.23. The lowest BCUT2D eigenvalue weighted by atomic mass is 10.3. The highest BCUT2D eigenvalue weighted by Gasteiger charge is 2.14. The van der Waals surface area contributed by atoms with Crippen LogP contribution in [0.2, 0.25) is 0 Å². The molecule has 1 N–H and O–H groups in total. The van der Waals surface area contributed by atoms with E-state index in [0.717, 1.165) is 17.5 Å². The predicted octanol–water partition coefficient (Wildman–Crippen LogP) is 3.07. The minimum Gasteiger partial charge on any atom is -0.323 e. The third-order valence-electron chi connectivity index (χ3n) is 3.32. The van der Waals surface area contributed by atoms with Crippen LogP contribution in [0.1, 0.15) is 0 Å². The molecule has 23 heavy (non-hydrogen) atoms. The monoisotopic (exact) mass is 306 g/mol. The Morgan fingerprint density at radius 2 is 1.96 bits per heavy atom. The highest BCUT2D eigenvalue weighted by molar-refractivity contribution is 5.62. The number of aromatic nitrogens is 5. The molecule has 0 aliphatic heterocycles. The molecular formula is C16H11FN6. The van der Waals surface area contributed by atoms with Crippen LogP contribution < -0.4 is 5.32 Å². The van der Waals surface area contributed by atoms with Crippen LogP contribution in [0, 0.1) is 5.82 Å². The summed E-state index contributed by atoms with van der Waals surface area (Å²) in [5.74, 6) is -0.215. The number of imidazole rings is 1. The molecule has 4 aromatic heterocycles. The summed E-state index contributed by atoms with van der Waals surface area (Å²) in [6.45, 7) is 0. The van der Waals surface area contributed by atoms with Gasteiger partial charge in [0.2, 0.25) is 5.95 Å². The smallest absolute Gasteiger partial charge is 0.228 e. The Bertz CT molecular complexity index is 967. The maximum Gasteiger partial charge on any atom is 0.228 e. The Morgan fingerprint density at radius 3 is 2.83 bits per heavy atom. The van der Waals surface area contributed by atoms with E-state index >= 15 is 0 Å². The van der Waals surface area contributed by atoms with Crippen molar-refractivity contribution >= 4 is 17.3 Å². The van der Waals surface area contributed by atoms with Crippen LogP contribution in [0.3, 0.4) is 0 Å². The molecule has 0 aliphatic rings.